The fraction of sp³-hybridized carbons (Fsp3) is 0.611. The van der Waals surface area contributed by atoms with Crippen LogP contribution in [0.4, 0.5) is 14.0 Å². The minimum Gasteiger partial charge on any atom is -0.444 e. The van der Waals surface area contributed by atoms with Crippen LogP contribution in [0.25, 0.3) is 0 Å². The summed E-state index contributed by atoms with van der Waals surface area (Å²) in [5.74, 6) is -3.20. The van der Waals surface area contributed by atoms with Crippen LogP contribution in [-0.2, 0) is 51.8 Å². The number of ether oxygens (including phenoxy) is 2. The highest BCUT2D eigenvalue weighted by atomic mass is 32.2. The van der Waals surface area contributed by atoms with Gasteiger partial charge >= 0.3 is 12.2 Å². The summed E-state index contributed by atoms with van der Waals surface area (Å²) in [6.45, 7) is 6.26. The van der Waals surface area contributed by atoms with Gasteiger partial charge in [0.2, 0.25) is 21.8 Å². The number of sulfonamides is 1. The number of nitrogens with zero attached hydrogens (tertiary/aromatic N) is 2. The van der Waals surface area contributed by atoms with E-state index in [2.05, 4.69) is 10.6 Å². The maximum atomic E-state index is 14.4. The van der Waals surface area contributed by atoms with E-state index in [9.17, 15) is 41.6 Å². The molecule has 17 heteroatoms. The van der Waals surface area contributed by atoms with Crippen molar-refractivity contribution in [3.05, 3.63) is 46.8 Å². The summed E-state index contributed by atoms with van der Waals surface area (Å²) in [5.41, 5.74) is 1.06. The Hall–Kier alpha value is -4.54. The van der Waals surface area contributed by atoms with E-state index >= 15 is 0 Å². The molecule has 0 spiro atoms. The third kappa shape index (κ3) is 10.3. The Morgan fingerprint density at radius 3 is 2.36 bits per heavy atom. The third-order valence-electron chi connectivity index (χ3n) is 9.58. The van der Waals surface area contributed by atoms with Gasteiger partial charge in [0.05, 0.1) is 18.3 Å². The number of alkyl carbamates (subject to hydrolysis) is 1. The minimum atomic E-state index is -3.91. The first-order valence-electron chi connectivity index (χ1n) is 18.0. The molecule has 15 nitrogen and oxygen atoms in total. The van der Waals surface area contributed by atoms with Crippen molar-refractivity contribution in [2.45, 2.75) is 134 Å². The molecule has 290 valence electrons. The lowest BCUT2D eigenvalue weighted by Gasteiger charge is -2.30. The number of ketones is 1. The van der Waals surface area contributed by atoms with Gasteiger partial charge in [0.1, 0.15) is 35.6 Å². The molecular weight excluding hydrogens is 713 g/mol. The number of allylic oxidation sites excluding steroid dienone is 2. The molecule has 2 aliphatic heterocycles. The minimum absolute atomic E-state index is 0.0172. The molecular formula is C36H48FN5O10S. The lowest BCUT2D eigenvalue weighted by atomic mass is 9.91. The molecule has 2 heterocycles. The van der Waals surface area contributed by atoms with Crippen LogP contribution < -0.4 is 15.4 Å². The average Bonchev–Trinajstić information content (AvgIpc) is 3.70. The molecule has 0 radical (unpaired) electrons. The molecule has 2 aliphatic carbocycles. The first-order chi connectivity index (χ1) is 24.9. The molecule has 0 bridgehead atoms. The number of nitrogens with one attached hydrogen (secondary N) is 3. The van der Waals surface area contributed by atoms with Crippen LogP contribution in [0.2, 0.25) is 0 Å². The van der Waals surface area contributed by atoms with Gasteiger partial charge in [0, 0.05) is 24.9 Å². The first kappa shape index (κ1) is 39.7. The van der Waals surface area contributed by atoms with Crippen LogP contribution in [0.1, 0.15) is 96.6 Å². The molecule has 5 amide bonds. The summed E-state index contributed by atoms with van der Waals surface area (Å²) in [6, 6.07) is 0.595. The van der Waals surface area contributed by atoms with Gasteiger partial charge in [-0.25, -0.2) is 22.4 Å². The van der Waals surface area contributed by atoms with Gasteiger partial charge in [0.15, 0.2) is 5.78 Å². The molecule has 1 saturated heterocycles. The number of carbonyl (C=O) groups is 6. The Kier molecular flexibility index (Phi) is 12.1. The number of benzene rings is 1. The van der Waals surface area contributed by atoms with E-state index in [1.165, 1.54) is 17.0 Å². The van der Waals surface area contributed by atoms with Crippen molar-refractivity contribution >= 4 is 45.7 Å². The van der Waals surface area contributed by atoms with Crippen molar-refractivity contribution in [3.8, 4) is 0 Å². The zero-order chi connectivity index (χ0) is 38.7. The highest BCUT2D eigenvalue weighted by molar-refractivity contribution is 7.90. The summed E-state index contributed by atoms with van der Waals surface area (Å²) < 4.78 is 52.4. The van der Waals surface area contributed by atoms with Crippen molar-refractivity contribution in [2.24, 2.45) is 0 Å². The quantitative estimate of drug-likeness (QED) is 0.251. The standard InChI is InChI=1S/C36H48FN5O10S/c1-5-28(31(44)40-53(49,50)25-13-14-25)38-32(45)30-17-24(51-35(48)41-18-22-10-7-11-27(37)26(22)20-41)19-42(30)33(46)29(39-34(47)52-36(2,3)4)15-12-23(43)16-21-8-6-9-21/h7,10-11,16,24-25,28-30H,5-6,8-9,12-15,17-20H2,1-4H3,(H,38,45)(H,39,47)(H,40,44)/t24-,28?,29+,30+/m1/s1. The number of rotatable bonds is 13. The van der Waals surface area contributed by atoms with Crippen molar-refractivity contribution in [1.82, 2.24) is 25.2 Å². The fourth-order valence-corrected chi connectivity index (χ4v) is 7.76. The number of carbonyl (C=O) groups excluding carboxylic acids is 6. The Labute approximate surface area is 308 Å². The molecule has 5 rings (SSSR count). The lowest BCUT2D eigenvalue weighted by molar-refractivity contribution is -0.141. The van der Waals surface area contributed by atoms with E-state index in [0.717, 1.165) is 29.7 Å². The summed E-state index contributed by atoms with van der Waals surface area (Å²) >= 11 is 0. The Bertz CT molecular complexity index is 1770. The second-order valence-corrected chi connectivity index (χ2v) is 17.0. The fourth-order valence-electron chi connectivity index (χ4n) is 6.42. The number of hydrogen-bond acceptors (Lipinski definition) is 10. The number of hydrogen-bond donors (Lipinski definition) is 3. The van der Waals surface area contributed by atoms with Crippen molar-refractivity contribution in [2.75, 3.05) is 6.54 Å². The molecule has 1 unspecified atom stereocenters. The Morgan fingerprint density at radius 2 is 1.75 bits per heavy atom. The monoisotopic (exact) mass is 761 g/mol. The first-order valence-corrected chi connectivity index (χ1v) is 19.6. The zero-order valence-corrected chi connectivity index (χ0v) is 31.3. The van der Waals surface area contributed by atoms with Gasteiger partial charge < -0.3 is 25.0 Å². The highest BCUT2D eigenvalue weighted by Gasteiger charge is 2.46. The molecule has 4 aliphatic rings. The largest absolute Gasteiger partial charge is 0.444 e. The van der Waals surface area contributed by atoms with Gasteiger partial charge in [-0.1, -0.05) is 24.6 Å². The van der Waals surface area contributed by atoms with Crippen molar-refractivity contribution in [3.63, 3.8) is 0 Å². The SMILES string of the molecule is CCC(NC(=O)[C@@H]1C[C@@H](OC(=O)N2Cc3cccc(F)c3C2)CN1C(=O)[C@H](CCC(=O)C=C1CCC1)NC(=O)OC(C)(C)C)C(=O)NS(=O)(=O)C1CC1. The van der Waals surface area contributed by atoms with Gasteiger partial charge in [-0.3, -0.25) is 28.8 Å². The molecule has 3 fully saturated rings. The molecule has 4 atom stereocenters. The van der Waals surface area contributed by atoms with E-state index in [1.54, 1.807) is 39.8 Å². The molecule has 3 N–H and O–H groups in total. The van der Waals surface area contributed by atoms with E-state index in [-0.39, 0.29) is 51.1 Å². The van der Waals surface area contributed by atoms with Gasteiger partial charge in [-0.05, 0) is 83.4 Å². The second kappa shape index (κ2) is 16.2. The number of fused-ring (bicyclic) bond motifs is 1. The van der Waals surface area contributed by atoms with Crippen LogP contribution >= 0.6 is 0 Å². The number of likely N-dealkylation sites (tertiary alicyclic amines) is 1. The topological polar surface area (TPSA) is 198 Å². The normalized spacial score (nSPS) is 20.7. The Morgan fingerprint density at radius 1 is 1.04 bits per heavy atom. The van der Waals surface area contributed by atoms with Crippen molar-refractivity contribution in [1.29, 1.82) is 0 Å². The van der Waals surface area contributed by atoms with Crippen LogP contribution in [0.15, 0.2) is 29.8 Å². The molecule has 0 aromatic heterocycles. The summed E-state index contributed by atoms with van der Waals surface area (Å²) in [6.07, 6.45) is 1.83. The summed E-state index contributed by atoms with van der Waals surface area (Å²) in [4.78, 5) is 82.5. The van der Waals surface area contributed by atoms with Gasteiger partial charge in [-0.2, -0.15) is 0 Å². The van der Waals surface area contributed by atoms with Gasteiger partial charge in [-0.15, -0.1) is 0 Å². The van der Waals surface area contributed by atoms with Crippen LogP contribution in [0.3, 0.4) is 0 Å². The van der Waals surface area contributed by atoms with E-state index < -0.39 is 80.8 Å². The predicted octanol–water partition coefficient (Wildman–Crippen LogP) is 3.10. The predicted molar refractivity (Wildman–Crippen MR) is 188 cm³/mol. The highest BCUT2D eigenvalue weighted by Crippen LogP contribution is 2.30. The average molecular weight is 762 g/mol. The van der Waals surface area contributed by atoms with E-state index in [0.29, 0.717) is 24.0 Å². The molecule has 1 aromatic carbocycles. The number of amides is 5. The maximum Gasteiger partial charge on any atom is 0.410 e. The molecule has 2 saturated carbocycles. The van der Waals surface area contributed by atoms with Crippen LogP contribution in [0, 0.1) is 5.82 Å². The van der Waals surface area contributed by atoms with E-state index in [4.69, 9.17) is 9.47 Å². The van der Waals surface area contributed by atoms with Crippen LogP contribution in [-0.4, -0.2) is 95.5 Å². The zero-order valence-electron chi connectivity index (χ0n) is 30.4. The molecule has 53 heavy (non-hydrogen) atoms. The van der Waals surface area contributed by atoms with E-state index in [1.807, 2.05) is 4.72 Å². The smallest absolute Gasteiger partial charge is 0.410 e. The molecule has 1 aromatic rings. The Balaban J connectivity index is 1.35. The second-order valence-electron chi connectivity index (χ2n) is 15.0. The van der Waals surface area contributed by atoms with Crippen molar-refractivity contribution < 1.29 is 51.0 Å². The summed E-state index contributed by atoms with van der Waals surface area (Å²) in [7, 11) is -3.91. The van der Waals surface area contributed by atoms with Crippen LogP contribution in [0.5, 0.6) is 0 Å². The third-order valence-corrected chi connectivity index (χ3v) is 11.4. The van der Waals surface area contributed by atoms with Gasteiger partial charge in [0.25, 0.3) is 5.91 Å². The maximum absolute atomic E-state index is 14.4. The summed E-state index contributed by atoms with van der Waals surface area (Å²) in [5, 5.41) is 4.40. The number of halogens is 1. The lowest BCUT2D eigenvalue weighted by Crippen LogP contribution is -2.56.